The number of thiazole rings is 1. The minimum atomic E-state index is 0.479. The van der Waals surface area contributed by atoms with Gasteiger partial charge in [-0.15, -0.1) is 11.3 Å². The normalized spacial score (nSPS) is 11.2. The van der Waals surface area contributed by atoms with Gasteiger partial charge in [0.15, 0.2) is 0 Å². The van der Waals surface area contributed by atoms with E-state index in [4.69, 9.17) is 11.6 Å². The molecule has 2 nitrogen and oxygen atoms in total. The number of aromatic nitrogens is 1. The monoisotopic (exact) mass is 280 g/mol. The third-order valence-corrected chi connectivity index (χ3v) is 3.82. The Balaban J connectivity index is 2.18. The van der Waals surface area contributed by atoms with Crippen molar-refractivity contribution < 1.29 is 0 Å². The van der Waals surface area contributed by atoms with Gasteiger partial charge in [0, 0.05) is 28.6 Å². The highest BCUT2D eigenvalue weighted by Crippen LogP contribution is 2.28. The first-order valence-electron chi connectivity index (χ1n) is 6.00. The van der Waals surface area contributed by atoms with E-state index in [0.29, 0.717) is 6.04 Å². The van der Waals surface area contributed by atoms with E-state index in [-0.39, 0.29) is 0 Å². The molecular formula is C14H17ClN2S. The molecule has 18 heavy (non-hydrogen) atoms. The summed E-state index contributed by atoms with van der Waals surface area (Å²) in [7, 11) is 0. The smallest absolute Gasteiger partial charge is 0.123 e. The molecule has 4 heteroatoms. The highest BCUT2D eigenvalue weighted by Gasteiger charge is 2.08. The van der Waals surface area contributed by atoms with E-state index in [0.717, 1.165) is 22.3 Å². The summed E-state index contributed by atoms with van der Waals surface area (Å²) in [6.07, 6.45) is 0. The zero-order chi connectivity index (χ0) is 13.1. The Labute approximate surface area is 117 Å². The summed E-state index contributed by atoms with van der Waals surface area (Å²) in [4.78, 5) is 4.66. The number of nitrogens with one attached hydrogen (secondary N) is 1. The summed E-state index contributed by atoms with van der Waals surface area (Å²) in [6, 6.07) is 6.41. The molecular weight excluding hydrogens is 264 g/mol. The number of hydrogen-bond acceptors (Lipinski definition) is 3. The fourth-order valence-electron chi connectivity index (χ4n) is 1.69. The summed E-state index contributed by atoms with van der Waals surface area (Å²) < 4.78 is 0. The van der Waals surface area contributed by atoms with E-state index in [1.54, 1.807) is 11.3 Å². The Hall–Kier alpha value is -0.900. The Morgan fingerprint density at radius 1 is 1.39 bits per heavy atom. The topological polar surface area (TPSA) is 24.9 Å². The standard InChI is InChI=1S/C14H17ClN2S/c1-9(2)16-7-12-8-18-14(17-12)13-5-4-11(15)6-10(13)3/h4-6,8-9,16H,7H2,1-3H3. The van der Waals surface area contributed by atoms with E-state index >= 15 is 0 Å². The quantitative estimate of drug-likeness (QED) is 0.905. The van der Waals surface area contributed by atoms with Gasteiger partial charge in [-0.3, -0.25) is 0 Å². The fraction of sp³-hybridized carbons (Fsp3) is 0.357. The van der Waals surface area contributed by atoms with Crippen molar-refractivity contribution in [2.45, 2.75) is 33.4 Å². The Morgan fingerprint density at radius 2 is 2.17 bits per heavy atom. The van der Waals surface area contributed by atoms with Crippen LogP contribution in [0.4, 0.5) is 0 Å². The molecule has 0 unspecified atom stereocenters. The van der Waals surface area contributed by atoms with Crippen LogP contribution in [-0.4, -0.2) is 11.0 Å². The van der Waals surface area contributed by atoms with Crippen LogP contribution in [0.3, 0.4) is 0 Å². The third-order valence-electron chi connectivity index (χ3n) is 2.66. The van der Waals surface area contributed by atoms with Gasteiger partial charge in [-0.25, -0.2) is 4.98 Å². The molecule has 1 N–H and O–H groups in total. The third kappa shape index (κ3) is 3.31. The van der Waals surface area contributed by atoms with Crippen molar-refractivity contribution in [1.82, 2.24) is 10.3 Å². The van der Waals surface area contributed by atoms with Crippen LogP contribution < -0.4 is 5.32 Å². The Morgan fingerprint density at radius 3 is 2.83 bits per heavy atom. The molecule has 0 saturated heterocycles. The molecule has 0 aliphatic carbocycles. The molecule has 0 radical (unpaired) electrons. The van der Waals surface area contributed by atoms with E-state index < -0.39 is 0 Å². The van der Waals surface area contributed by atoms with Crippen LogP contribution in [0.2, 0.25) is 5.02 Å². The molecule has 0 amide bonds. The van der Waals surface area contributed by atoms with Crippen LogP contribution in [-0.2, 0) is 6.54 Å². The second kappa shape index (κ2) is 5.83. The van der Waals surface area contributed by atoms with Gasteiger partial charge >= 0.3 is 0 Å². The summed E-state index contributed by atoms with van der Waals surface area (Å²) in [5, 5.41) is 7.32. The molecule has 0 aliphatic rings. The SMILES string of the molecule is Cc1cc(Cl)ccc1-c1nc(CNC(C)C)cs1. The zero-order valence-electron chi connectivity index (χ0n) is 10.8. The number of benzene rings is 1. The molecule has 0 aliphatic heterocycles. The van der Waals surface area contributed by atoms with Crippen LogP contribution >= 0.6 is 22.9 Å². The van der Waals surface area contributed by atoms with E-state index in [1.807, 2.05) is 18.2 Å². The maximum Gasteiger partial charge on any atom is 0.123 e. The molecule has 1 heterocycles. The van der Waals surface area contributed by atoms with Crippen LogP contribution in [0.15, 0.2) is 23.6 Å². The van der Waals surface area contributed by atoms with E-state index in [2.05, 4.69) is 36.5 Å². The molecule has 0 bridgehead atoms. The highest BCUT2D eigenvalue weighted by molar-refractivity contribution is 7.13. The lowest BCUT2D eigenvalue weighted by Crippen LogP contribution is -2.21. The second-order valence-corrected chi connectivity index (χ2v) is 5.93. The van der Waals surface area contributed by atoms with Gasteiger partial charge < -0.3 is 5.32 Å². The largest absolute Gasteiger partial charge is 0.309 e. The average molecular weight is 281 g/mol. The van der Waals surface area contributed by atoms with Crippen molar-refractivity contribution >= 4 is 22.9 Å². The lowest BCUT2D eigenvalue weighted by molar-refractivity contribution is 0.583. The lowest BCUT2D eigenvalue weighted by atomic mass is 10.1. The van der Waals surface area contributed by atoms with Crippen LogP contribution in [0.1, 0.15) is 25.1 Å². The predicted octanol–water partition coefficient (Wildman–Crippen LogP) is 4.27. The number of nitrogens with zero attached hydrogens (tertiary/aromatic N) is 1. The maximum atomic E-state index is 5.97. The molecule has 2 aromatic rings. The molecule has 96 valence electrons. The van der Waals surface area contributed by atoms with E-state index in [9.17, 15) is 0 Å². The summed E-state index contributed by atoms with van der Waals surface area (Å²) in [6.45, 7) is 7.16. The van der Waals surface area contributed by atoms with Gasteiger partial charge in [0.1, 0.15) is 5.01 Å². The maximum absolute atomic E-state index is 5.97. The Kier molecular flexibility index (Phi) is 4.38. The zero-order valence-corrected chi connectivity index (χ0v) is 12.4. The van der Waals surface area contributed by atoms with Crippen molar-refractivity contribution in [1.29, 1.82) is 0 Å². The Bertz CT molecular complexity index is 534. The molecule has 0 fully saturated rings. The molecule has 1 aromatic carbocycles. The van der Waals surface area contributed by atoms with Crippen LogP contribution in [0.5, 0.6) is 0 Å². The van der Waals surface area contributed by atoms with Crippen molar-refractivity contribution in [3.05, 3.63) is 39.9 Å². The lowest BCUT2D eigenvalue weighted by Gasteiger charge is -2.05. The van der Waals surface area contributed by atoms with Gasteiger partial charge in [-0.05, 0) is 24.6 Å². The summed E-state index contributed by atoms with van der Waals surface area (Å²) in [5.74, 6) is 0. The number of halogens is 1. The van der Waals surface area contributed by atoms with Crippen molar-refractivity contribution in [2.75, 3.05) is 0 Å². The van der Waals surface area contributed by atoms with Gasteiger partial charge in [0.05, 0.1) is 5.69 Å². The highest BCUT2D eigenvalue weighted by atomic mass is 35.5. The van der Waals surface area contributed by atoms with Crippen LogP contribution in [0.25, 0.3) is 10.6 Å². The fourth-order valence-corrected chi connectivity index (χ4v) is 2.82. The predicted molar refractivity (Wildman–Crippen MR) is 79.3 cm³/mol. The van der Waals surface area contributed by atoms with Gasteiger partial charge in [-0.2, -0.15) is 0 Å². The molecule has 0 saturated carbocycles. The minimum Gasteiger partial charge on any atom is -0.309 e. The van der Waals surface area contributed by atoms with Gasteiger partial charge in [0.25, 0.3) is 0 Å². The molecule has 2 rings (SSSR count). The minimum absolute atomic E-state index is 0.479. The van der Waals surface area contributed by atoms with E-state index in [1.165, 1.54) is 11.1 Å². The van der Waals surface area contributed by atoms with Crippen molar-refractivity contribution in [2.24, 2.45) is 0 Å². The van der Waals surface area contributed by atoms with Crippen molar-refractivity contribution in [3.63, 3.8) is 0 Å². The molecule has 0 atom stereocenters. The summed E-state index contributed by atoms with van der Waals surface area (Å²) in [5.41, 5.74) is 3.43. The molecule has 0 spiro atoms. The van der Waals surface area contributed by atoms with Gasteiger partial charge in [-0.1, -0.05) is 31.5 Å². The first-order valence-corrected chi connectivity index (χ1v) is 7.26. The first-order chi connectivity index (χ1) is 8.56. The van der Waals surface area contributed by atoms with Gasteiger partial charge in [0.2, 0.25) is 0 Å². The number of aryl methyl sites for hydroxylation is 1. The van der Waals surface area contributed by atoms with Crippen molar-refractivity contribution in [3.8, 4) is 10.6 Å². The average Bonchev–Trinajstić information content (AvgIpc) is 2.75. The van der Waals surface area contributed by atoms with Crippen LogP contribution in [0, 0.1) is 6.92 Å². The first kappa shape index (κ1) is 13.5. The number of hydrogen-bond donors (Lipinski definition) is 1. The molecule has 1 aromatic heterocycles. The number of rotatable bonds is 4. The summed E-state index contributed by atoms with van der Waals surface area (Å²) >= 11 is 7.65. The second-order valence-electron chi connectivity index (χ2n) is 4.64.